The summed E-state index contributed by atoms with van der Waals surface area (Å²) in [6.07, 6.45) is 3.05. The molecule has 2 amide bonds. The first-order chi connectivity index (χ1) is 14.4. The summed E-state index contributed by atoms with van der Waals surface area (Å²) in [5.74, 6) is 0.0147. The summed E-state index contributed by atoms with van der Waals surface area (Å²) >= 11 is 0. The molecule has 0 unspecified atom stereocenters. The minimum atomic E-state index is -0.392. The van der Waals surface area contributed by atoms with Crippen molar-refractivity contribution in [2.75, 3.05) is 16.4 Å². The summed E-state index contributed by atoms with van der Waals surface area (Å²) in [6, 6.07) is 13.8. The second-order valence-electron chi connectivity index (χ2n) is 6.92. The lowest BCUT2D eigenvalue weighted by Crippen LogP contribution is -2.20. The summed E-state index contributed by atoms with van der Waals surface area (Å²) in [4.78, 5) is 33.7. The standard InChI is InChI=1S/C22H20N6O2/c1-13-6-3-4-9-17(13)27-22(30)26-15-8-5-7-14(10-15)19(29)16-11-28(2)21-18(16)20(23)24-12-25-21/h3-12H,1-2H3,(H2,23,24,25)(H2,26,27,30). The molecular formula is C22H20N6O2. The van der Waals surface area contributed by atoms with Crippen LogP contribution in [0, 0.1) is 6.92 Å². The van der Waals surface area contributed by atoms with Gasteiger partial charge in [-0.1, -0.05) is 30.3 Å². The van der Waals surface area contributed by atoms with Gasteiger partial charge in [-0.05, 0) is 30.7 Å². The lowest BCUT2D eigenvalue weighted by molar-refractivity contribution is 0.104. The van der Waals surface area contributed by atoms with E-state index in [2.05, 4.69) is 20.6 Å². The Morgan fingerprint density at radius 1 is 1.03 bits per heavy atom. The van der Waals surface area contributed by atoms with Gasteiger partial charge in [0, 0.05) is 30.2 Å². The van der Waals surface area contributed by atoms with Crippen molar-refractivity contribution in [2.45, 2.75) is 6.92 Å². The molecule has 0 aliphatic rings. The van der Waals surface area contributed by atoms with Crippen LogP contribution >= 0.6 is 0 Å². The Morgan fingerprint density at radius 3 is 2.63 bits per heavy atom. The SMILES string of the molecule is Cc1ccccc1NC(=O)Nc1cccc(C(=O)c2cn(C)c3ncnc(N)c23)c1. The number of aromatic nitrogens is 3. The van der Waals surface area contributed by atoms with E-state index in [0.717, 1.165) is 5.56 Å². The van der Waals surface area contributed by atoms with E-state index in [1.165, 1.54) is 6.33 Å². The molecule has 0 saturated heterocycles. The Hall–Kier alpha value is -4.20. The smallest absolute Gasteiger partial charge is 0.323 e. The van der Waals surface area contributed by atoms with Crippen LogP contribution in [0.2, 0.25) is 0 Å². The monoisotopic (exact) mass is 400 g/mol. The van der Waals surface area contributed by atoms with Gasteiger partial charge in [0.25, 0.3) is 0 Å². The largest absolute Gasteiger partial charge is 0.383 e. The molecule has 4 aromatic rings. The maximum absolute atomic E-state index is 13.1. The highest BCUT2D eigenvalue weighted by Gasteiger charge is 2.19. The van der Waals surface area contributed by atoms with Gasteiger partial charge in [0.2, 0.25) is 0 Å². The van der Waals surface area contributed by atoms with Crippen molar-refractivity contribution in [1.29, 1.82) is 0 Å². The molecule has 0 aliphatic carbocycles. The number of anilines is 3. The molecule has 30 heavy (non-hydrogen) atoms. The molecule has 2 aromatic heterocycles. The molecule has 150 valence electrons. The van der Waals surface area contributed by atoms with Crippen LogP contribution in [-0.4, -0.2) is 26.3 Å². The van der Waals surface area contributed by atoms with Crippen molar-refractivity contribution in [3.63, 3.8) is 0 Å². The van der Waals surface area contributed by atoms with E-state index in [1.54, 1.807) is 42.1 Å². The van der Waals surface area contributed by atoms with Gasteiger partial charge in [0.15, 0.2) is 5.78 Å². The summed E-state index contributed by atoms with van der Waals surface area (Å²) in [5, 5.41) is 6.08. The molecule has 0 aliphatic heterocycles. The van der Waals surface area contributed by atoms with Gasteiger partial charge in [0.1, 0.15) is 17.8 Å². The Kier molecular flexibility index (Phi) is 4.89. The van der Waals surface area contributed by atoms with Crippen LogP contribution in [0.1, 0.15) is 21.5 Å². The van der Waals surface area contributed by atoms with E-state index >= 15 is 0 Å². The first kappa shape index (κ1) is 19.1. The Labute approximate surface area is 172 Å². The molecule has 0 bridgehead atoms. The number of carbonyl (C=O) groups excluding carboxylic acids is 2. The third kappa shape index (κ3) is 3.58. The van der Waals surface area contributed by atoms with Crippen LogP contribution in [0.25, 0.3) is 11.0 Å². The number of urea groups is 1. The second-order valence-corrected chi connectivity index (χ2v) is 6.92. The number of nitrogens with zero attached hydrogens (tertiary/aromatic N) is 3. The minimum Gasteiger partial charge on any atom is -0.383 e. The van der Waals surface area contributed by atoms with E-state index < -0.39 is 6.03 Å². The Balaban J connectivity index is 1.59. The topological polar surface area (TPSA) is 115 Å². The van der Waals surface area contributed by atoms with Crippen LogP contribution in [0.4, 0.5) is 22.0 Å². The number of fused-ring (bicyclic) bond motifs is 1. The van der Waals surface area contributed by atoms with Gasteiger partial charge in [-0.3, -0.25) is 4.79 Å². The zero-order chi connectivity index (χ0) is 21.3. The maximum atomic E-state index is 13.1. The van der Waals surface area contributed by atoms with Crippen LogP contribution in [0.5, 0.6) is 0 Å². The third-order valence-electron chi connectivity index (χ3n) is 4.80. The zero-order valence-corrected chi connectivity index (χ0v) is 16.5. The number of carbonyl (C=O) groups is 2. The average molecular weight is 400 g/mol. The normalized spacial score (nSPS) is 10.7. The van der Waals surface area contributed by atoms with Gasteiger partial charge >= 0.3 is 6.03 Å². The van der Waals surface area contributed by atoms with Crippen molar-refractivity contribution in [3.05, 3.63) is 77.7 Å². The molecule has 8 nitrogen and oxygen atoms in total. The fourth-order valence-corrected chi connectivity index (χ4v) is 3.30. The quantitative estimate of drug-likeness (QED) is 0.452. The van der Waals surface area contributed by atoms with Gasteiger partial charge in [-0.2, -0.15) is 0 Å². The number of benzene rings is 2. The highest BCUT2D eigenvalue weighted by molar-refractivity contribution is 6.18. The van der Waals surface area contributed by atoms with Crippen LogP contribution in [0.3, 0.4) is 0 Å². The number of nitrogens with two attached hydrogens (primary N) is 1. The average Bonchev–Trinajstić information content (AvgIpc) is 3.07. The predicted octanol–water partition coefficient (Wildman–Crippen LogP) is 3.73. The number of hydrogen-bond donors (Lipinski definition) is 3. The molecular weight excluding hydrogens is 380 g/mol. The number of amides is 2. The van der Waals surface area contributed by atoms with E-state index in [4.69, 9.17) is 5.73 Å². The minimum absolute atomic E-state index is 0.231. The number of nitrogens with one attached hydrogen (secondary N) is 2. The number of hydrogen-bond acceptors (Lipinski definition) is 5. The molecule has 2 aromatic carbocycles. The number of aryl methyl sites for hydroxylation is 2. The highest BCUT2D eigenvalue weighted by atomic mass is 16.2. The Morgan fingerprint density at radius 2 is 1.83 bits per heavy atom. The first-order valence-corrected chi connectivity index (χ1v) is 9.28. The fraction of sp³-hybridized carbons (Fsp3) is 0.0909. The second kappa shape index (κ2) is 7.67. The van der Waals surface area contributed by atoms with Crippen molar-refractivity contribution < 1.29 is 9.59 Å². The van der Waals surface area contributed by atoms with E-state index in [0.29, 0.717) is 33.5 Å². The molecule has 2 heterocycles. The van der Waals surface area contributed by atoms with Crippen LogP contribution in [-0.2, 0) is 7.05 Å². The molecule has 0 radical (unpaired) electrons. The van der Waals surface area contributed by atoms with Crippen molar-refractivity contribution >= 4 is 40.0 Å². The number of rotatable bonds is 4. The summed E-state index contributed by atoms with van der Waals surface area (Å²) in [5.41, 5.74) is 9.56. The molecule has 0 saturated carbocycles. The van der Waals surface area contributed by atoms with Crippen LogP contribution < -0.4 is 16.4 Å². The number of para-hydroxylation sites is 1. The summed E-state index contributed by atoms with van der Waals surface area (Å²) in [6.45, 7) is 1.91. The van der Waals surface area contributed by atoms with Gasteiger partial charge in [0.05, 0.1) is 10.9 Å². The molecule has 0 fully saturated rings. The van der Waals surface area contributed by atoms with Gasteiger partial charge < -0.3 is 20.9 Å². The van der Waals surface area contributed by atoms with E-state index in [1.807, 2.05) is 31.2 Å². The first-order valence-electron chi connectivity index (χ1n) is 9.28. The predicted molar refractivity (Wildman–Crippen MR) is 117 cm³/mol. The summed E-state index contributed by atoms with van der Waals surface area (Å²) < 4.78 is 1.73. The lowest BCUT2D eigenvalue weighted by atomic mass is 10.0. The van der Waals surface area contributed by atoms with Crippen LogP contribution in [0.15, 0.2) is 61.1 Å². The van der Waals surface area contributed by atoms with Crippen molar-refractivity contribution in [1.82, 2.24) is 14.5 Å². The van der Waals surface area contributed by atoms with Gasteiger partial charge in [-0.15, -0.1) is 0 Å². The molecule has 8 heteroatoms. The van der Waals surface area contributed by atoms with E-state index in [-0.39, 0.29) is 11.6 Å². The lowest BCUT2D eigenvalue weighted by Gasteiger charge is -2.10. The highest BCUT2D eigenvalue weighted by Crippen LogP contribution is 2.26. The maximum Gasteiger partial charge on any atom is 0.323 e. The molecule has 4 N–H and O–H groups in total. The number of ketones is 1. The number of nitrogen functional groups attached to an aromatic ring is 1. The summed E-state index contributed by atoms with van der Waals surface area (Å²) in [7, 11) is 1.79. The fourth-order valence-electron chi connectivity index (χ4n) is 3.30. The Bertz CT molecular complexity index is 1280. The molecule has 0 atom stereocenters. The van der Waals surface area contributed by atoms with Crippen molar-refractivity contribution in [3.8, 4) is 0 Å². The zero-order valence-electron chi connectivity index (χ0n) is 16.5. The van der Waals surface area contributed by atoms with E-state index in [9.17, 15) is 9.59 Å². The van der Waals surface area contributed by atoms with Crippen molar-refractivity contribution in [2.24, 2.45) is 7.05 Å². The third-order valence-corrected chi connectivity index (χ3v) is 4.80. The molecule has 0 spiro atoms. The van der Waals surface area contributed by atoms with Gasteiger partial charge in [-0.25, -0.2) is 14.8 Å². The molecule has 4 rings (SSSR count).